The van der Waals surface area contributed by atoms with Crippen LogP contribution < -0.4 is 27.3 Å². The Morgan fingerprint density at radius 1 is 1.40 bits per heavy atom. The number of thiazole rings is 1. The van der Waals surface area contributed by atoms with Crippen molar-refractivity contribution in [3.05, 3.63) is 33.7 Å². The summed E-state index contributed by atoms with van der Waals surface area (Å²) >= 11 is 1.65. The van der Waals surface area contributed by atoms with Crippen molar-refractivity contribution in [2.24, 2.45) is 0 Å². The lowest BCUT2D eigenvalue weighted by atomic mass is 10.2. The molecule has 0 aliphatic rings. The fourth-order valence-corrected chi connectivity index (χ4v) is 2.75. The van der Waals surface area contributed by atoms with Crippen molar-refractivity contribution < 1.29 is 26.7 Å². The summed E-state index contributed by atoms with van der Waals surface area (Å²) in [7, 11) is 0. The molecule has 3 N–H and O–H groups in total. The second-order valence-electron chi connectivity index (χ2n) is 4.16. The molecular formula is C12H18Br2N4OS. The van der Waals surface area contributed by atoms with Gasteiger partial charge in [-0.15, -0.1) is 17.0 Å². The third kappa shape index (κ3) is 4.47. The summed E-state index contributed by atoms with van der Waals surface area (Å²) in [6.07, 6.45) is 2.47. The molecule has 0 aliphatic heterocycles. The van der Waals surface area contributed by atoms with E-state index in [2.05, 4.69) is 14.5 Å². The van der Waals surface area contributed by atoms with Crippen molar-refractivity contribution in [2.45, 2.75) is 26.8 Å². The van der Waals surface area contributed by atoms with Crippen LogP contribution >= 0.6 is 28.3 Å². The predicted octanol–water partition coefficient (Wildman–Crippen LogP) is -1.81. The Morgan fingerprint density at radius 2 is 2.10 bits per heavy atom. The lowest BCUT2D eigenvalue weighted by Gasteiger charge is -2.01. The molecule has 0 radical (unpaired) electrons. The number of aryl methyl sites for hydroxylation is 1. The minimum absolute atomic E-state index is 0. The molecule has 0 atom stereocenters. The van der Waals surface area contributed by atoms with E-state index in [9.17, 15) is 0 Å². The zero-order chi connectivity index (χ0) is 13.1. The topological polar surface area (TPSA) is 75.9 Å². The fraction of sp³-hybridized carbons (Fsp3) is 0.417. The van der Waals surface area contributed by atoms with Crippen LogP contribution in [0.5, 0.6) is 0 Å². The molecule has 2 rings (SSSR count). The second kappa shape index (κ2) is 8.66. The highest BCUT2D eigenvalue weighted by Crippen LogP contribution is 2.13. The number of rotatable bonds is 4. The lowest BCUT2D eigenvalue weighted by molar-refractivity contribution is -0.689. The first kappa shape index (κ1) is 19.4. The number of halogens is 2. The van der Waals surface area contributed by atoms with E-state index in [0.29, 0.717) is 24.6 Å². The van der Waals surface area contributed by atoms with E-state index in [-0.39, 0.29) is 40.6 Å². The summed E-state index contributed by atoms with van der Waals surface area (Å²) < 4.78 is 2.11. The molecule has 5 nitrogen and oxygen atoms in total. The Morgan fingerprint density at radius 3 is 2.70 bits per heavy atom. The molecule has 0 bridgehead atoms. The third-order valence-electron chi connectivity index (χ3n) is 2.85. The molecule has 0 aromatic carbocycles. The van der Waals surface area contributed by atoms with Gasteiger partial charge in [0.1, 0.15) is 11.6 Å². The SMILES string of the molecule is Br.Cc1ncc(C[n+]2csc(CCO)c2C)c(N)n1.[Br-]. The summed E-state index contributed by atoms with van der Waals surface area (Å²) in [5, 5.41) is 8.98. The summed E-state index contributed by atoms with van der Waals surface area (Å²) in [5.41, 5.74) is 10.0. The number of aromatic nitrogens is 3. The first-order chi connectivity index (χ1) is 8.61. The number of aliphatic hydroxyl groups excluding tert-OH is 1. The molecule has 112 valence electrons. The number of anilines is 1. The van der Waals surface area contributed by atoms with E-state index < -0.39 is 0 Å². The molecule has 0 amide bonds. The smallest absolute Gasteiger partial charge is 0.225 e. The van der Waals surface area contributed by atoms with Crippen LogP contribution in [0, 0.1) is 13.8 Å². The Hall–Kier alpha value is -0.570. The van der Waals surface area contributed by atoms with Crippen molar-refractivity contribution in [1.82, 2.24) is 9.97 Å². The van der Waals surface area contributed by atoms with Crippen molar-refractivity contribution in [1.29, 1.82) is 0 Å². The predicted molar refractivity (Wildman–Crippen MR) is 80.6 cm³/mol. The van der Waals surface area contributed by atoms with Gasteiger partial charge in [0.25, 0.3) is 0 Å². The van der Waals surface area contributed by atoms with E-state index in [1.54, 1.807) is 17.5 Å². The molecule has 2 heterocycles. The summed E-state index contributed by atoms with van der Waals surface area (Å²) in [4.78, 5) is 9.53. The largest absolute Gasteiger partial charge is 1.00 e. The van der Waals surface area contributed by atoms with Crippen molar-refractivity contribution >= 4 is 34.1 Å². The molecule has 0 aliphatic carbocycles. The summed E-state index contributed by atoms with van der Waals surface area (Å²) in [5.74, 6) is 1.22. The van der Waals surface area contributed by atoms with Crippen LogP contribution in [0.15, 0.2) is 11.7 Å². The zero-order valence-electron chi connectivity index (χ0n) is 11.3. The second-order valence-corrected chi connectivity index (χ2v) is 5.10. The molecule has 0 spiro atoms. The molecule has 0 saturated heterocycles. The normalized spacial score (nSPS) is 9.75. The molecule has 0 saturated carbocycles. The highest BCUT2D eigenvalue weighted by molar-refractivity contribution is 8.93. The number of nitrogens with two attached hydrogens (primary N) is 1. The fourth-order valence-electron chi connectivity index (χ4n) is 1.77. The van der Waals surface area contributed by atoms with E-state index in [4.69, 9.17) is 10.8 Å². The van der Waals surface area contributed by atoms with Crippen LogP contribution in [0.3, 0.4) is 0 Å². The first-order valence-corrected chi connectivity index (χ1v) is 6.65. The van der Waals surface area contributed by atoms with Gasteiger partial charge in [-0.2, -0.15) is 4.57 Å². The van der Waals surface area contributed by atoms with Gasteiger partial charge in [0.05, 0.1) is 10.4 Å². The van der Waals surface area contributed by atoms with Crippen molar-refractivity contribution in [3.63, 3.8) is 0 Å². The molecule has 2 aromatic heterocycles. The third-order valence-corrected chi connectivity index (χ3v) is 4.00. The van der Waals surface area contributed by atoms with Crippen molar-refractivity contribution in [2.75, 3.05) is 12.3 Å². The average molecular weight is 426 g/mol. The van der Waals surface area contributed by atoms with E-state index in [0.717, 1.165) is 11.3 Å². The van der Waals surface area contributed by atoms with E-state index in [1.807, 2.05) is 19.4 Å². The van der Waals surface area contributed by atoms with Crippen LogP contribution in [0.4, 0.5) is 5.82 Å². The van der Waals surface area contributed by atoms with Crippen LogP contribution in [0.1, 0.15) is 22.0 Å². The van der Waals surface area contributed by atoms with Gasteiger partial charge in [0, 0.05) is 26.1 Å². The summed E-state index contributed by atoms with van der Waals surface area (Å²) in [6.45, 7) is 4.71. The van der Waals surface area contributed by atoms with Gasteiger partial charge in [-0.1, -0.05) is 11.3 Å². The Balaban J connectivity index is 0.00000180. The standard InChI is InChI=1S/C12H17N4OS.2BrH/c1-8-11(3-4-17)18-7-16(8)6-10-5-14-9(2)15-12(10)13;;/h5,7,17H,3-4,6H2,1-2H3,(H2,13,14,15);2*1H/q+1;;/p-1. The molecular weight excluding hydrogens is 408 g/mol. The molecule has 0 unspecified atom stereocenters. The lowest BCUT2D eigenvalue weighted by Crippen LogP contribution is -3.00. The van der Waals surface area contributed by atoms with Crippen LogP contribution in [-0.4, -0.2) is 21.7 Å². The molecule has 8 heteroatoms. The molecule has 2 aromatic rings. The van der Waals surface area contributed by atoms with Gasteiger partial charge in [-0.3, -0.25) is 0 Å². The minimum atomic E-state index is 0. The monoisotopic (exact) mass is 424 g/mol. The maximum absolute atomic E-state index is 8.98. The highest BCUT2D eigenvalue weighted by atomic mass is 79.9. The number of nitrogen functional groups attached to an aromatic ring is 1. The van der Waals surface area contributed by atoms with Gasteiger partial charge in [-0.05, 0) is 6.92 Å². The Bertz CT molecular complexity index is 562. The maximum atomic E-state index is 8.98. The summed E-state index contributed by atoms with van der Waals surface area (Å²) in [6, 6.07) is 0. The molecule has 20 heavy (non-hydrogen) atoms. The quantitative estimate of drug-likeness (QED) is 0.566. The maximum Gasteiger partial charge on any atom is 0.225 e. The first-order valence-electron chi connectivity index (χ1n) is 5.77. The van der Waals surface area contributed by atoms with Crippen LogP contribution in [-0.2, 0) is 13.0 Å². The molecule has 0 fully saturated rings. The number of nitrogens with zero attached hydrogens (tertiary/aromatic N) is 3. The van der Waals surface area contributed by atoms with Gasteiger partial charge >= 0.3 is 0 Å². The van der Waals surface area contributed by atoms with Gasteiger partial charge in [-0.25, -0.2) is 9.97 Å². The Labute approximate surface area is 143 Å². The van der Waals surface area contributed by atoms with Gasteiger partial charge in [0.15, 0.2) is 12.2 Å². The zero-order valence-corrected chi connectivity index (χ0v) is 15.5. The number of hydrogen-bond acceptors (Lipinski definition) is 5. The van der Waals surface area contributed by atoms with Gasteiger partial charge in [0.2, 0.25) is 5.51 Å². The Kier molecular flexibility index (Phi) is 8.41. The van der Waals surface area contributed by atoms with Crippen LogP contribution in [0.2, 0.25) is 0 Å². The minimum Gasteiger partial charge on any atom is -1.00 e. The number of aliphatic hydroxyl groups is 1. The average Bonchev–Trinajstić information content (AvgIpc) is 2.66. The number of hydrogen-bond donors (Lipinski definition) is 2. The highest BCUT2D eigenvalue weighted by Gasteiger charge is 2.16. The van der Waals surface area contributed by atoms with Crippen LogP contribution in [0.25, 0.3) is 0 Å². The van der Waals surface area contributed by atoms with E-state index in [1.165, 1.54) is 4.88 Å². The van der Waals surface area contributed by atoms with E-state index >= 15 is 0 Å². The van der Waals surface area contributed by atoms with Crippen molar-refractivity contribution in [3.8, 4) is 0 Å². The van der Waals surface area contributed by atoms with Gasteiger partial charge < -0.3 is 27.8 Å².